The minimum Gasteiger partial charge on any atom is -0.468 e. The van der Waals surface area contributed by atoms with Crippen molar-refractivity contribution < 1.29 is 19.1 Å². The largest absolute Gasteiger partial charge is 0.468 e. The third-order valence-corrected chi connectivity index (χ3v) is 5.13. The lowest BCUT2D eigenvalue weighted by molar-refractivity contribution is -0.156. The first kappa shape index (κ1) is 15.9. The normalized spacial score (nSPS) is 32.3. The third-order valence-electron chi connectivity index (χ3n) is 5.13. The number of hydrogen-bond donors (Lipinski definition) is 0. The second-order valence-electron chi connectivity index (χ2n) is 6.23. The SMILES string of the molecule is CCC(=O)C1CC2OCC1C=CC2(C(=O)OC)c1ccccc1. The number of esters is 1. The Morgan fingerprint density at radius 2 is 2.04 bits per heavy atom. The number of hydrogen-bond acceptors (Lipinski definition) is 4. The minimum atomic E-state index is -0.979. The van der Waals surface area contributed by atoms with Crippen molar-refractivity contribution in [2.24, 2.45) is 11.8 Å². The predicted octanol–water partition coefficient (Wildman–Crippen LogP) is 2.67. The van der Waals surface area contributed by atoms with Crippen molar-refractivity contribution in [1.82, 2.24) is 0 Å². The zero-order valence-electron chi connectivity index (χ0n) is 13.5. The number of ether oxygens (including phenoxy) is 2. The van der Waals surface area contributed by atoms with E-state index in [1.54, 1.807) is 0 Å². The van der Waals surface area contributed by atoms with Crippen LogP contribution in [0.5, 0.6) is 0 Å². The average Bonchev–Trinajstić information content (AvgIpc) is 2.90. The molecule has 0 N–H and O–H groups in total. The number of benzene rings is 1. The van der Waals surface area contributed by atoms with E-state index in [4.69, 9.17) is 9.47 Å². The third kappa shape index (κ3) is 2.51. The summed E-state index contributed by atoms with van der Waals surface area (Å²) in [4.78, 5) is 25.0. The van der Waals surface area contributed by atoms with Gasteiger partial charge in [-0.25, -0.2) is 0 Å². The molecule has 1 fully saturated rings. The Labute approximate surface area is 136 Å². The first-order valence-electron chi connectivity index (χ1n) is 8.11. The van der Waals surface area contributed by atoms with E-state index in [0.717, 1.165) is 5.56 Å². The molecule has 1 aliphatic carbocycles. The van der Waals surface area contributed by atoms with Gasteiger partial charge in [-0.2, -0.15) is 0 Å². The average molecular weight is 314 g/mol. The van der Waals surface area contributed by atoms with E-state index in [9.17, 15) is 9.59 Å². The number of carbonyl (C=O) groups is 2. The van der Waals surface area contributed by atoms with Crippen LogP contribution in [0, 0.1) is 11.8 Å². The van der Waals surface area contributed by atoms with Crippen LogP contribution in [0.4, 0.5) is 0 Å². The fraction of sp³-hybridized carbons (Fsp3) is 0.474. The lowest BCUT2D eigenvalue weighted by Crippen LogP contribution is -2.50. The van der Waals surface area contributed by atoms with E-state index >= 15 is 0 Å². The number of rotatable bonds is 4. The maximum atomic E-state index is 12.7. The topological polar surface area (TPSA) is 52.6 Å². The highest BCUT2D eigenvalue weighted by molar-refractivity contribution is 5.88. The van der Waals surface area contributed by atoms with Gasteiger partial charge in [0.15, 0.2) is 0 Å². The molecule has 4 unspecified atom stereocenters. The number of methoxy groups -OCH3 is 1. The van der Waals surface area contributed by atoms with E-state index in [0.29, 0.717) is 19.4 Å². The number of Topliss-reactive ketones (excluding diaryl/α,β-unsaturated/α-hetero) is 1. The standard InChI is InChI=1S/C19H22O4/c1-3-16(20)15-11-17-19(18(21)22-2,10-9-13(15)12-23-17)14-7-5-4-6-8-14/h4-10,13,15,17H,3,11-12H2,1-2H3. The molecule has 4 nitrogen and oxygen atoms in total. The van der Waals surface area contributed by atoms with E-state index in [2.05, 4.69) is 0 Å². The molecule has 0 saturated carbocycles. The Morgan fingerprint density at radius 3 is 2.70 bits per heavy atom. The van der Waals surface area contributed by atoms with Crippen molar-refractivity contribution in [3.63, 3.8) is 0 Å². The molecule has 3 aliphatic rings. The second-order valence-corrected chi connectivity index (χ2v) is 6.23. The van der Waals surface area contributed by atoms with Crippen molar-refractivity contribution in [3.05, 3.63) is 48.0 Å². The Balaban J connectivity index is 2.08. The summed E-state index contributed by atoms with van der Waals surface area (Å²) in [5, 5.41) is 0. The molecule has 4 heteroatoms. The van der Waals surface area contributed by atoms with Gasteiger partial charge in [0.25, 0.3) is 0 Å². The molecule has 0 radical (unpaired) electrons. The van der Waals surface area contributed by atoms with Gasteiger partial charge in [0.05, 0.1) is 19.8 Å². The van der Waals surface area contributed by atoms with Gasteiger partial charge in [0.2, 0.25) is 0 Å². The summed E-state index contributed by atoms with van der Waals surface area (Å²) in [5.74, 6) is -0.143. The quantitative estimate of drug-likeness (QED) is 0.633. The fourth-order valence-electron chi connectivity index (χ4n) is 3.82. The zero-order valence-corrected chi connectivity index (χ0v) is 13.5. The van der Waals surface area contributed by atoms with Crippen LogP contribution in [0.2, 0.25) is 0 Å². The van der Waals surface area contributed by atoms with Crippen LogP contribution < -0.4 is 0 Å². The zero-order chi connectivity index (χ0) is 16.4. The minimum absolute atomic E-state index is 0.0361. The fourth-order valence-corrected chi connectivity index (χ4v) is 3.82. The molecule has 4 atom stereocenters. The Morgan fingerprint density at radius 1 is 1.30 bits per heavy atom. The molecule has 0 spiro atoms. The van der Waals surface area contributed by atoms with Crippen molar-refractivity contribution in [3.8, 4) is 0 Å². The molecule has 1 aromatic rings. The van der Waals surface area contributed by atoms with Gasteiger partial charge in [-0.1, -0.05) is 49.4 Å². The van der Waals surface area contributed by atoms with Gasteiger partial charge in [0.1, 0.15) is 11.2 Å². The van der Waals surface area contributed by atoms with Crippen LogP contribution in [-0.4, -0.2) is 31.6 Å². The molecule has 1 aromatic carbocycles. The van der Waals surface area contributed by atoms with Gasteiger partial charge in [-0.05, 0) is 12.0 Å². The molecule has 4 rings (SSSR count). The van der Waals surface area contributed by atoms with E-state index in [-0.39, 0.29) is 29.7 Å². The molecular formula is C19H22O4. The molecule has 2 aliphatic heterocycles. The summed E-state index contributed by atoms with van der Waals surface area (Å²) >= 11 is 0. The summed E-state index contributed by atoms with van der Waals surface area (Å²) in [6.07, 6.45) is 4.56. The van der Waals surface area contributed by atoms with Crippen LogP contribution >= 0.6 is 0 Å². The molecule has 2 heterocycles. The Kier molecular flexibility index (Phi) is 4.35. The summed E-state index contributed by atoms with van der Waals surface area (Å²) in [6, 6.07) is 9.55. The molecule has 23 heavy (non-hydrogen) atoms. The van der Waals surface area contributed by atoms with Gasteiger partial charge in [-0.15, -0.1) is 0 Å². The summed E-state index contributed by atoms with van der Waals surface area (Å²) in [7, 11) is 1.40. The lowest BCUT2D eigenvalue weighted by Gasteiger charge is -2.39. The monoisotopic (exact) mass is 314 g/mol. The van der Waals surface area contributed by atoms with Gasteiger partial charge < -0.3 is 9.47 Å². The smallest absolute Gasteiger partial charge is 0.322 e. The number of carbonyl (C=O) groups excluding carboxylic acids is 2. The first-order chi connectivity index (χ1) is 11.1. The maximum Gasteiger partial charge on any atom is 0.322 e. The number of ketones is 1. The molecule has 0 aromatic heterocycles. The number of fused-ring (bicyclic) bond motifs is 3. The van der Waals surface area contributed by atoms with Crippen LogP contribution in [0.3, 0.4) is 0 Å². The second kappa shape index (κ2) is 6.28. The van der Waals surface area contributed by atoms with Crippen LogP contribution in [0.15, 0.2) is 42.5 Å². The molecule has 1 saturated heterocycles. The highest BCUT2D eigenvalue weighted by atomic mass is 16.5. The lowest BCUT2D eigenvalue weighted by atomic mass is 9.72. The van der Waals surface area contributed by atoms with Crippen molar-refractivity contribution in [1.29, 1.82) is 0 Å². The van der Waals surface area contributed by atoms with Crippen LogP contribution in [-0.2, 0) is 24.5 Å². The van der Waals surface area contributed by atoms with Gasteiger partial charge in [-0.3, -0.25) is 9.59 Å². The summed E-state index contributed by atoms with van der Waals surface area (Å²) in [5.41, 5.74) is -0.133. The Bertz CT molecular complexity index is 622. The van der Waals surface area contributed by atoms with Crippen molar-refractivity contribution >= 4 is 11.8 Å². The highest BCUT2D eigenvalue weighted by Gasteiger charge is 2.53. The summed E-state index contributed by atoms with van der Waals surface area (Å²) < 4.78 is 11.1. The van der Waals surface area contributed by atoms with Crippen LogP contribution in [0.25, 0.3) is 0 Å². The van der Waals surface area contributed by atoms with Crippen molar-refractivity contribution in [2.45, 2.75) is 31.3 Å². The van der Waals surface area contributed by atoms with E-state index in [1.165, 1.54) is 7.11 Å². The molecule has 0 amide bonds. The van der Waals surface area contributed by atoms with Gasteiger partial charge >= 0.3 is 5.97 Å². The van der Waals surface area contributed by atoms with E-state index in [1.807, 2.05) is 49.4 Å². The molecule has 122 valence electrons. The summed E-state index contributed by atoms with van der Waals surface area (Å²) in [6.45, 7) is 2.36. The maximum absolute atomic E-state index is 12.7. The highest BCUT2D eigenvalue weighted by Crippen LogP contribution is 2.44. The predicted molar refractivity (Wildman–Crippen MR) is 85.9 cm³/mol. The van der Waals surface area contributed by atoms with Crippen molar-refractivity contribution in [2.75, 3.05) is 13.7 Å². The Hall–Kier alpha value is -1.94. The van der Waals surface area contributed by atoms with Gasteiger partial charge in [0, 0.05) is 18.3 Å². The van der Waals surface area contributed by atoms with E-state index < -0.39 is 5.41 Å². The van der Waals surface area contributed by atoms with Crippen LogP contribution in [0.1, 0.15) is 25.3 Å². The first-order valence-corrected chi connectivity index (χ1v) is 8.11. The molecular weight excluding hydrogens is 292 g/mol. The molecule has 2 bridgehead atoms.